The molecule has 0 unspecified atom stereocenters. The quantitative estimate of drug-likeness (QED) is 0.865. The minimum Gasteiger partial charge on any atom is -0.369 e. The molecule has 0 atom stereocenters. The minimum absolute atomic E-state index is 0.552. The van der Waals surface area contributed by atoms with Gasteiger partial charge in [0, 0.05) is 13.1 Å². The van der Waals surface area contributed by atoms with Gasteiger partial charge in [-0.3, -0.25) is 9.88 Å². The number of nitrogens with zero attached hydrogens (tertiary/aromatic N) is 3. The zero-order valence-corrected chi connectivity index (χ0v) is 13.2. The molecule has 0 saturated carbocycles. The summed E-state index contributed by atoms with van der Waals surface area (Å²) in [6, 6.07) is 0. The second-order valence-electron chi connectivity index (χ2n) is 6.26. The number of likely N-dealkylation sites (tertiary alicyclic amines) is 1. The highest BCUT2D eigenvalue weighted by Gasteiger charge is 2.28. The summed E-state index contributed by atoms with van der Waals surface area (Å²) in [6.07, 6.45) is 8.75. The van der Waals surface area contributed by atoms with E-state index in [9.17, 15) is 0 Å². The molecule has 20 heavy (non-hydrogen) atoms. The Labute approximate surface area is 123 Å². The van der Waals surface area contributed by atoms with Crippen molar-refractivity contribution in [1.29, 1.82) is 0 Å². The number of hydrogen-bond acceptors (Lipinski definition) is 4. The van der Waals surface area contributed by atoms with Crippen molar-refractivity contribution >= 4 is 5.82 Å². The molecule has 0 aliphatic carbocycles. The predicted octanol–water partition coefficient (Wildman–Crippen LogP) is 3.31. The molecule has 4 heteroatoms. The fourth-order valence-electron chi connectivity index (χ4n) is 2.61. The maximum Gasteiger partial charge on any atom is 0.144 e. The fourth-order valence-corrected chi connectivity index (χ4v) is 2.61. The Morgan fingerprint density at radius 2 is 1.95 bits per heavy atom. The van der Waals surface area contributed by atoms with Gasteiger partial charge in [-0.2, -0.15) is 0 Å². The molecule has 0 amide bonds. The molecule has 1 fully saturated rings. The van der Waals surface area contributed by atoms with E-state index in [4.69, 9.17) is 0 Å². The lowest BCUT2D eigenvalue weighted by molar-refractivity contribution is 0.108. The van der Waals surface area contributed by atoms with Crippen molar-refractivity contribution in [1.82, 2.24) is 14.9 Å². The van der Waals surface area contributed by atoms with E-state index in [0.717, 1.165) is 31.0 Å². The van der Waals surface area contributed by atoms with E-state index in [0.29, 0.717) is 5.41 Å². The zero-order valence-electron chi connectivity index (χ0n) is 13.2. The Balaban J connectivity index is 1.82. The van der Waals surface area contributed by atoms with Gasteiger partial charge in [0.05, 0.1) is 18.1 Å². The number of rotatable bonds is 6. The molecule has 1 saturated heterocycles. The molecule has 112 valence electrons. The summed E-state index contributed by atoms with van der Waals surface area (Å²) < 4.78 is 0. The molecule has 1 aromatic heterocycles. The van der Waals surface area contributed by atoms with Crippen LogP contribution in [0.1, 0.15) is 52.1 Å². The van der Waals surface area contributed by atoms with Gasteiger partial charge in [-0.1, -0.05) is 27.2 Å². The predicted molar refractivity (Wildman–Crippen MR) is 83.7 cm³/mol. The van der Waals surface area contributed by atoms with Gasteiger partial charge in [-0.15, -0.1) is 0 Å². The van der Waals surface area contributed by atoms with Gasteiger partial charge in [0.2, 0.25) is 0 Å². The van der Waals surface area contributed by atoms with E-state index in [-0.39, 0.29) is 0 Å². The summed E-state index contributed by atoms with van der Waals surface area (Å²) in [5.74, 6) is 0.882. The molecular weight excluding hydrogens is 248 g/mol. The molecule has 1 N–H and O–H groups in total. The summed E-state index contributed by atoms with van der Waals surface area (Å²) in [5, 5.41) is 3.26. The van der Waals surface area contributed by atoms with Crippen LogP contribution in [0, 0.1) is 5.41 Å². The van der Waals surface area contributed by atoms with Crippen molar-refractivity contribution in [2.75, 3.05) is 25.0 Å². The molecular formula is C16H28N4. The number of piperidine rings is 1. The number of hydrogen-bond donors (Lipinski definition) is 1. The maximum atomic E-state index is 4.52. The molecule has 4 nitrogen and oxygen atoms in total. The van der Waals surface area contributed by atoms with E-state index in [1.165, 1.54) is 32.4 Å². The van der Waals surface area contributed by atoms with E-state index in [1.54, 1.807) is 0 Å². The van der Waals surface area contributed by atoms with Crippen molar-refractivity contribution in [2.24, 2.45) is 5.41 Å². The summed E-state index contributed by atoms with van der Waals surface area (Å²) in [7, 11) is 0. The van der Waals surface area contributed by atoms with Crippen LogP contribution in [0.3, 0.4) is 0 Å². The smallest absolute Gasteiger partial charge is 0.144 e. The molecule has 2 rings (SSSR count). The second kappa shape index (κ2) is 7.02. The van der Waals surface area contributed by atoms with Gasteiger partial charge in [0.15, 0.2) is 0 Å². The fraction of sp³-hybridized carbons (Fsp3) is 0.750. The third-order valence-corrected chi connectivity index (χ3v) is 4.56. The molecule has 0 bridgehead atoms. The molecule has 0 radical (unpaired) electrons. The Kier molecular flexibility index (Phi) is 5.35. The van der Waals surface area contributed by atoms with Crippen LogP contribution in [0.2, 0.25) is 0 Å². The van der Waals surface area contributed by atoms with Gasteiger partial charge < -0.3 is 5.32 Å². The maximum absolute atomic E-state index is 4.52. The number of nitrogens with one attached hydrogen (secondary N) is 1. The van der Waals surface area contributed by atoms with Crippen LogP contribution in [0.25, 0.3) is 0 Å². The van der Waals surface area contributed by atoms with Crippen molar-refractivity contribution in [2.45, 2.75) is 53.0 Å². The zero-order chi connectivity index (χ0) is 14.4. The van der Waals surface area contributed by atoms with Gasteiger partial charge >= 0.3 is 0 Å². The Bertz CT molecular complexity index is 393. The van der Waals surface area contributed by atoms with Crippen LogP contribution in [0.4, 0.5) is 5.82 Å². The average Bonchev–Trinajstić information content (AvgIpc) is 2.49. The van der Waals surface area contributed by atoms with Crippen molar-refractivity contribution in [3.63, 3.8) is 0 Å². The van der Waals surface area contributed by atoms with E-state index < -0.39 is 0 Å². The molecule has 1 aliphatic rings. The average molecular weight is 276 g/mol. The topological polar surface area (TPSA) is 41.1 Å². The van der Waals surface area contributed by atoms with Gasteiger partial charge in [0.25, 0.3) is 0 Å². The van der Waals surface area contributed by atoms with Gasteiger partial charge in [0.1, 0.15) is 5.82 Å². The lowest BCUT2D eigenvalue weighted by Crippen LogP contribution is -2.38. The van der Waals surface area contributed by atoms with Crippen molar-refractivity contribution < 1.29 is 0 Å². The van der Waals surface area contributed by atoms with Crippen LogP contribution in [-0.2, 0) is 6.54 Å². The van der Waals surface area contributed by atoms with Gasteiger partial charge in [-0.25, -0.2) is 4.98 Å². The standard InChI is InChI=1S/C16H28N4/c1-4-8-17-15-12-18-14(11-19-15)13-20-9-6-16(3,5-2)7-10-20/h11-12H,4-10,13H2,1-3H3,(H,17,19). The van der Waals surface area contributed by atoms with Crippen LogP contribution in [0.5, 0.6) is 0 Å². The Morgan fingerprint density at radius 3 is 2.50 bits per heavy atom. The second-order valence-corrected chi connectivity index (χ2v) is 6.26. The highest BCUT2D eigenvalue weighted by molar-refractivity contribution is 5.30. The first-order valence-electron chi connectivity index (χ1n) is 7.92. The van der Waals surface area contributed by atoms with Crippen LogP contribution >= 0.6 is 0 Å². The first kappa shape index (κ1) is 15.2. The van der Waals surface area contributed by atoms with E-state index in [2.05, 4.69) is 41.0 Å². The van der Waals surface area contributed by atoms with Crippen molar-refractivity contribution in [3.05, 3.63) is 18.1 Å². The Morgan fingerprint density at radius 1 is 1.20 bits per heavy atom. The number of aromatic nitrogens is 2. The van der Waals surface area contributed by atoms with Crippen LogP contribution in [0.15, 0.2) is 12.4 Å². The largest absolute Gasteiger partial charge is 0.369 e. The first-order valence-corrected chi connectivity index (χ1v) is 7.92. The SMILES string of the molecule is CCCNc1cnc(CN2CCC(C)(CC)CC2)cn1. The van der Waals surface area contributed by atoms with Crippen LogP contribution < -0.4 is 5.32 Å². The Hall–Kier alpha value is -1.16. The lowest BCUT2D eigenvalue weighted by atomic mass is 9.78. The normalized spacial score (nSPS) is 18.9. The molecule has 1 aliphatic heterocycles. The summed E-state index contributed by atoms with van der Waals surface area (Å²) in [4.78, 5) is 11.4. The highest BCUT2D eigenvalue weighted by atomic mass is 15.1. The third-order valence-electron chi connectivity index (χ3n) is 4.56. The molecule has 2 heterocycles. The van der Waals surface area contributed by atoms with Crippen LogP contribution in [-0.4, -0.2) is 34.5 Å². The van der Waals surface area contributed by atoms with Crippen molar-refractivity contribution in [3.8, 4) is 0 Å². The van der Waals surface area contributed by atoms with E-state index >= 15 is 0 Å². The monoisotopic (exact) mass is 276 g/mol. The highest BCUT2D eigenvalue weighted by Crippen LogP contribution is 2.34. The minimum atomic E-state index is 0.552. The number of anilines is 1. The summed E-state index contributed by atoms with van der Waals surface area (Å²) in [6.45, 7) is 11.1. The summed E-state index contributed by atoms with van der Waals surface area (Å²) >= 11 is 0. The summed E-state index contributed by atoms with van der Waals surface area (Å²) in [5.41, 5.74) is 1.63. The molecule has 1 aromatic rings. The van der Waals surface area contributed by atoms with Gasteiger partial charge in [-0.05, 0) is 37.8 Å². The first-order chi connectivity index (χ1) is 9.65. The van der Waals surface area contributed by atoms with E-state index in [1.807, 2.05) is 12.4 Å². The molecule has 0 aromatic carbocycles. The lowest BCUT2D eigenvalue weighted by Gasteiger charge is -2.38. The third kappa shape index (κ3) is 4.17. The molecule has 0 spiro atoms.